The minimum absolute atomic E-state index is 0.368. The molecule has 0 spiro atoms. The van der Waals surface area contributed by atoms with Crippen LogP contribution in [0.5, 0.6) is 0 Å². The molecule has 1 amide bonds. The maximum Gasteiger partial charge on any atom is 0.407 e. The Balaban J connectivity index is 2.01. The molecule has 5 nitrogen and oxygen atoms in total. The van der Waals surface area contributed by atoms with Crippen molar-refractivity contribution < 1.29 is 19.4 Å². The topological polar surface area (TPSA) is 67.8 Å². The van der Waals surface area contributed by atoms with Gasteiger partial charge in [-0.25, -0.2) is 4.79 Å². The molecule has 0 radical (unpaired) electrons. The van der Waals surface area contributed by atoms with E-state index in [1.54, 1.807) is 0 Å². The lowest BCUT2D eigenvalue weighted by Gasteiger charge is -2.32. The van der Waals surface area contributed by atoms with Gasteiger partial charge in [0.2, 0.25) is 0 Å². The van der Waals surface area contributed by atoms with Gasteiger partial charge in [0.15, 0.2) is 0 Å². The number of aliphatic hydroxyl groups excluding tert-OH is 1. The summed E-state index contributed by atoms with van der Waals surface area (Å²) in [5.74, 6) is 1.13. The number of hydrogen-bond donors (Lipinski definition) is 2. The summed E-state index contributed by atoms with van der Waals surface area (Å²) in [6.45, 7) is 6.15. The molecule has 2 aliphatic rings. The zero-order valence-corrected chi connectivity index (χ0v) is 15.3. The van der Waals surface area contributed by atoms with Crippen LogP contribution in [0.1, 0.15) is 72.1 Å². The van der Waals surface area contributed by atoms with E-state index in [1.807, 2.05) is 26.8 Å². The van der Waals surface area contributed by atoms with E-state index in [0.717, 1.165) is 19.3 Å². The Kier molecular flexibility index (Phi) is 6.96. The lowest BCUT2D eigenvalue weighted by Crippen LogP contribution is -2.47. The number of rotatable bonds is 5. The van der Waals surface area contributed by atoms with Crippen LogP contribution in [0.25, 0.3) is 0 Å². The first kappa shape index (κ1) is 19.1. The van der Waals surface area contributed by atoms with E-state index >= 15 is 0 Å². The van der Waals surface area contributed by atoms with E-state index in [1.165, 1.54) is 32.1 Å². The number of alkyl carbamates (subject to hydrolysis) is 1. The first-order valence-corrected chi connectivity index (χ1v) is 9.35. The number of allylic oxidation sites excluding steroid dienone is 1. The molecule has 0 aromatic heterocycles. The van der Waals surface area contributed by atoms with Crippen LogP contribution in [-0.4, -0.2) is 35.6 Å². The normalized spacial score (nSPS) is 22.1. The largest absolute Gasteiger partial charge is 0.495 e. The highest BCUT2D eigenvalue weighted by molar-refractivity contribution is 5.68. The number of carbonyl (C=O) groups is 1. The van der Waals surface area contributed by atoms with Crippen molar-refractivity contribution in [2.75, 3.05) is 6.61 Å². The van der Waals surface area contributed by atoms with Gasteiger partial charge in [0.1, 0.15) is 17.5 Å². The van der Waals surface area contributed by atoms with Gasteiger partial charge < -0.3 is 19.9 Å². The van der Waals surface area contributed by atoms with E-state index in [9.17, 15) is 9.90 Å². The number of ether oxygens (including phenoxy) is 2. The zero-order chi connectivity index (χ0) is 17.6. The monoisotopic (exact) mass is 339 g/mol. The molecule has 2 N–H and O–H groups in total. The van der Waals surface area contributed by atoms with Crippen LogP contribution >= 0.6 is 0 Å². The van der Waals surface area contributed by atoms with Crippen molar-refractivity contribution in [2.45, 2.75) is 89.9 Å². The van der Waals surface area contributed by atoms with E-state index < -0.39 is 17.8 Å². The van der Waals surface area contributed by atoms with Crippen molar-refractivity contribution >= 4 is 6.09 Å². The number of nitrogens with one attached hydrogen (secondary N) is 1. The van der Waals surface area contributed by atoms with Crippen LogP contribution in [0.4, 0.5) is 4.79 Å². The molecule has 0 aromatic carbocycles. The van der Waals surface area contributed by atoms with Crippen molar-refractivity contribution in [3.8, 4) is 0 Å². The standard InChI is InChI=1S/C19H33NO4/c1-19(2,3)24-18(22)20-15(13-14-9-5-4-6-10-14)17(21)16-11-7-8-12-23-16/h11,14-15,17,21H,4-10,12-13H2,1-3H3,(H,20,22). The average Bonchev–Trinajstić information content (AvgIpc) is 2.53. The Morgan fingerprint density at radius 2 is 2.04 bits per heavy atom. The minimum atomic E-state index is -0.806. The van der Waals surface area contributed by atoms with Crippen LogP contribution in [0.2, 0.25) is 0 Å². The molecule has 0 bridgehead atoms. The van der Waals surface area contributed by atoms with Gasteiger partial charge in [-0.1, -0.05) is 32.1 Å². The quantitative estimate of drug-likeness (QED) is 0.797. The maximum atomic E-state index is 12.2. The van der Waals surface area contributed by atoms with Crippen LogP contribution in [-0.2, 0) is 9.47 Å². The molecular weight excluding hydrogens is 306 g/mol. The Labute approximate surface area is 145 Å². The summed E-state index contributed by atoms with van der Waals surface area (Å²) >= 11 is 0. The summed E-state index contributed by atoms with van der Waals surface area (Å²) in [6, 6.07) is -0.368. The average molecular weight is 339 g/mol. The van der Waals surface area contributed by atoms with Gasteiger partial charge in [0.25, 0.3) is 0 Å². The highest BCUT2D eigenvalue weighted by Gasteiger charge is 2.31. The maximum absolute atomic E-state index is 12.2. The predicted molar refractivity (Wildman–Crippen MR) is 93.6 cm³/mol. The molecule has 1 aliphatic carbocycles. The van der Waals surface area contributed by atoms with Crippen LogP contribution in [0.15, 0.2) is 11.8 Å². The SMILES string of the molecule is CC(C)(C)OC(=O)NC(CC1CCCCC1)C(O)C1=CCCCO1. The number of carbonyl (C=O) groups excluding carboxylic acids is 1. The van der Waals surface area contributed by atoms with Crippen molar-refractivity contribution in [2.24, 2.45) is 5.92 Å². The molecule has 2 atom stereocenters. The highest BCUT2D eigenvalue weighted by Crippen LogP contribution is 2.29. The third kappa shape index (κ3) is 6.34. The Morgan fingerprint density at radius 1 is 1.33 bits per heavy atom. The van der Waals surface area contributed by atoms with Crippen LogP contribution in [0, 0.1) is 5.92 Å². The van der Waals surface area contributed by atoms with Crippen molar-refractivity contribution in [1.29, 1.82) is 0 Å². The molecular formula is C19H33NO4. The Morgan fingerprint density at radius 3 is 2.62 bits per heavy atom. The van der Waals surface area contributed by atoms with Crippen molar-refractivity contribution in [1.82, 2.24) is 5.32 Å². The van der Waals surface area contributed by atoms with Gasteiger partial charge in [0.05, 0.1) is 12.6 Å². The smallest absolute Gasteiger partial charge is 0.407 e. The number of hydrogen-bond acceptors (Lipinski definition) is 4. The lowest BCUT2D eigenvalue weighted by molar-refractivity contribution is 0.0312. The number of amides is 1. The van der Waals surface area contributed by atoms with Gasteiger partial charge in [-0.05, 0) is 52.0 Å². The molecule has 24 heavy (non-hydrogen) atoms. The lowest BCUT2D eigenvalue weighted by atomic mass is 9.83. The molecule has 0 aromatic rings. The molecule has 1 heterocycles. The van der Waals surface area contributed by atoms with E-state index in [4.69, 9.17) is 9.47 Å². The molecule has 0 saturated heterocycles. The second kappa shape index (κ2) is 8.75. The second-order valence-electron chi connectivity index (χ2n) is 8.03. The van der Waals surface area contributed by atoms with E-state index in [0.29, 0.717) is 18.3 Å². The molecule has 5 heteroatoms. The fourth-order valence-electron chi connectivity index (χ4n) is 3.49. The Bertz CT molecular complexity index is 435. The summed E-state index contributed by atoms with van der Waals surface area (Å²) in [7, 11) is 0. The third-order valence-corrected chi connectivity index (χ3v) is 4.65. The van der Waals surface area contributed by atoms with Gasteiger partial charge in [-0.3, -0.25) is 0 Å². The van der Waals surface area contributed by atoms with Gasteiger partial charge in [-0.2, -0.15) is 0 Å². The molecule has 1 fully saturated rings. The van der Waals surface area contributed by atoms with Gasteiger partial charge in [0, 0.05) is 0 Å². The summed E-state index contributed by atoms with van der Waals surface area (Å²) < 4.78 is 11.0. The Hall–Kier alpha value is -1.23. The fourth-order valence-corrected chi connectivity index (χ4v) is 3.49. The van der Waals surface area contributed by atoms with Crippen LogP contribution in [0.3, 0.4) is 0 Å². The minimum Gasteiger partial charge on any atom is -0.495 e. The summed E-state index contributed by atoms with van der Waals surface area (Å²) in [5, 5.41) is 13.6. The zero-order valence-electron chi connectivity index (χ0n) is 15.3. The molecule has 138 valence electrons. The summed E-state index contributed by atoms with van der Waals surface area (Å²) in [6.07, 6.45) is 9.41. The van der Waals surface area contributed by atoms with Gasteiger partial charge in [-0.15, -0.1) is 0 Å². The molecule has 2 unspecified atom stereocenters. The summed E-state index contributed by atoms with van der Waals surface area (Å²) in [4.78, 5) is 12.2. The summed E-state index contributed by atoms with van der Waals surface area (Å²) in [5.41, 5.74) is -0.551. The van der Waals surface area contributed by atoms with Crippen molar-refractivity contribution in [3.05, 3.63) is 11.8 Å². The molecule has 2 rings (SSSR count). The van der Waals surface area contributed by atoms with E-state index in [2.05, 4.69) is 5.32 Å². The fraction of sp³-hybridized carbons (Fsp3) is 0.842. The number of aliphatic hydroxyl groups is 1. The molecule has 1 saturated carbocycles. The highest BCUT2D eigenvalue weighted by atomic mass is 16.6. The first-order valence-electron chi connectivity index (χ1n) is 9.35. The molecule has 1 aliphatic heterocycles. The first-order chi connectivity index (χ1) is 11.3. The van der Waals surface area contributed by atoms with Crippen molar-refractivity contribution in [3.63, 3.8) is 0 Å². The predicted octanol–water partition coefficient (Wildman–Crippen LogP) is 3.91. The third-order valence-electron chi connectivity index (χ3n) is 4.65. The van der Waals surface area contributed by atoms with Gasteiger partial charge >= 0.3 is 6.09 Å². The van der Waals surface area contributed by atoms with Crippen LogP contribution < -0.4 is 5.32 Å². The van der Waals surface area contributed by atoms with E-state index in [-0.39, 0.29) is 6.04 Å². The second-order valence-corrected chi connectivity index (χ2v) is 8.03.